The zero-order chi connectivity index (χ0) is 24.3. The van der Waals surface area contributed by atoms with E-state index in [0.29, 0.717) is 26.3 Å². The molecular weight excluding hydrogens is 438 g/mol. The highest BCUT2D eigenvalue weighted by Crippen LogP contribution is 2.37. The molecule has 3 heterocycles. The Kier molecular flexibility index (Phi) is 6.68. The number of piperazine rings is 1. The van der Waals surface area contributed by atoms with Gasteiger partial charge in [0.05, 0.1) is 5.41 Å². The number of benzene rings is 2. The molecule has 3 aromatic rings. The molecule has 7 heteroatoms. The van der Waals surface area contributed by atoms with Crippen LogP contribution in [-0.4, -0.2) is 60.2 Å². The minimum Gasteiger partial charge on any atom is -0.381 e. The summed E-state index contributed by atoms with van der Waals surface area (Å²) in [5, 5.41) is 3.39. The van der Waals surface area contributed by atoms with Crippen LogP contribution >= 0.6 is 0 Å². The number of hydrogen-bond acceptors (Lipinski definition) is 6. The van der Waals surface area contributed by atoms with Crippen molar-refractivity contribution in [2.24, 2.45) is 0 Å². The van der Waals surface area contributed by atoms with Crippen LogP contribution in [0.25, 0.3) is 0 Å². The normalized spacial score (nSPS) is 17.8. The van der Waals surface area contributed by atoms with Gasteiger partial charge in [-0.2, -0.15) is 0 Å². The van der Waals surface area contributed by atoms with Crippen molar-refractivity contribution in [1.82, 2.24) is 14.9 Å². The monoisotopic (exact) mass is 471 g/mol. The number of rotatable bonds is 5. The maximum absolute atomic E-state index is 13.9. The lowest BCUT2D eigenvalue weighted by molar-refractivity contribution is -0.141. The molecule has 5 rings (SSSR count). The van der Waals surface area contributed by atoms with Crippen LogP contribution in [-0.2, 0) is 14.9 Å². The number of nitrogens with zero attached hydrogens (tertiary/aromatic N) is 4. The van der Waals surface area contributed by atoms with Gasteiger partial charge in [0.1, 0.15) is 17.5 Å². The lowest BCUT2D eigenvalue weighted by Crippen LogP contribution is -2.56. The zero-order valence-corrected chi connectivity index (χ0v) is 20.5. The molecule has 35 heavy (non-hydrogen) atoms. The third-order valence-corrected chi connectivity index (χ3v) is 7.12. The molecule has 0 atom stereocenters. The summed E-state index contributed by atoms with van der Waals surface area (Å²) in [6.07, 6.45) is 1.46. The first-order chi connectivity index (χ1) is 17.0. The second kappa shape index (κ2) is 10.0. The fourth-order valence-electron chi connectivity index (χ4n) is 5.11. The van der Waals surface area contributed by atoms with Gasteiger partial charge in [0, 0.05) is 51.1 Å². The van der Waals surface area contributed by atoms with Crippen LogP contribution in [0.1, 0.15) is 29.8 Å². The number of carbonyl (C=O) groups excluding carboxylic acids is 1. The Morgan fingerprint density at radius 2 is 1.60 bits per heavy atom. The second-order valence-electron chi connectivity index (χ2n) is 9.49. The van der Waals surface area contributed by atoms with E-state index < -0.39 is 5.41 Å². The first-order valence-corrected chi connectivity index (χ1v) is 12.4. The van der Waals surface area contributed by atoms with Crippen LogP contribution in [0.5, 0.6) is 0 Å². The first-order valence-electron chi connectivity index (χ1n) is 12.4. The summed E-state index contributed by atoms with van der Waals surface area (Å²) in [4.78, 5) is 27.4. The molecule has 1 amide bonds. The van der Waals surface area contributed by atoms with Crippen LogP contribution in [0.2, 0.25) is 0 Å². The predicted molar refractivity (Wildman–Crippen MR) is 138 cm³/mol. The Labute approximate surface area is 207 Å². The van der Waals surface area contributed by atoms with Crippen LogP contribution < -0.4 is 10.2 Å². The summed E-state index contributed by atoms with van der Waals surface area (Å²) in [5.74, 6) is 2.62. The first kappa shape index (κ1) is 23.3. The fourth-order valence-corrected chi connectivity index (χ4v) is 5.11. The van der Waals surface area contributed by atoms with Crippen molar-refractivity contribution in [3.63, 3.8) is 0 Å². The third-order valence-electron chi connectivity index (χ3n) is 7.12. The van der Waals surface area contributed by atoms with Crippen LogP contribution in [0.15, 0.2) is 60.7 Å². The number of nitrogens with one attached hydrogen (secondary N) is 1. The minimum atomic E-state index is -0.488. The van der Waals surface area contributed by atoms with E-state index in [1.807, 2.05) is 36.1 Å². The highest BCUT2D eigenvalue weighted by atomic mass is 16.5. The van der Waals surface area contributed by atoms with E-state index in [1.54, 1.807) is 0 Å². The van der Waals surface area contributed by atoms with Gasteiger partial charge < -0.3 is 19.9 Å². The summed E-state index contributed by atoms with van der Waals surface area (Å²) >= 11 is 0. The number of hydrogen-bond donors (Lipinski definition) is 1. The van der Waals surface area contributed by atoms with Gasteiger partial charge in [-0.05, 0) is 44.4 Å². The SMILES string of the molecule is Cc1ccc(Nc2cc(N3CCN(C(=O)C4(c5ccccc5)CCOCC4)CC3)nc(C)n2)cc1. The smallest absolute Gasteiger partial charge is 0.233 e. The van der Waals surface area contributed by atoms with E-state index in [0.717, 1.165) is 54.6 Å². The van der Waals surface area contributed by atoms with Crippen LogP contribution in [0, 0.1) is 13.8 Å². The molecular formula is C28H33N5O2. The summed E-state index contributed by atoms with van der Waals surface area (Å²) in [6, 6.07) is 20.5. The van der Waals surface area contributed by atoms with Crippen molar-refractivity contribution in [2.75, 3.05) is 49.6 Å². The Morgan fingerprint density at radius 1 is 0.914 bits per heavy atom. The number of ether oxygens (including phenoxy) is 1. The molecule has 0 saturated carbocycles. The van der Waals surface area contributed by atoms with Gasteiger partial charge in [-0.25, -0.2) is 9.97 Å². The molecule has 2 aliphatic heterocycles. The minimum absolute atomic E-state index is 0.229. The molecule has 1 aromatic heterocycles. The van der Waals surface area contributed by atoms with Crippen LogP contribution in [0.4, 0.5) is 17.3 Å². The number of carbonyl (C=O) groups is 1. The van der Waals surface area contributed by atoms with Gasteiger partial charge in [0.25, 0.3) is 0 Å². The van der Waals surface area contributed by atoms with Crippen molar-refractivity contribution in [1.29, 1.82) is 0 Å². The average Bonchev–Trinajstić information content (AvgIpc) is 2.90. The Hall–Kier alpha value is -3.45. The molecule has 182 valence electrons. The largest absolute Gasteiger partial charge is 0.381 e. The lowest BCUT2D eigenvalue weighted by atomic mass is 9.73. The van der Waals surface area contributed by atoms with Gasteiger partial charge in [-0.15, -0.1) is 0 Å². The molecule has 0 radical (unpaired) electrons. The van der Waals surface area contributed by atoms with E-state index in [4.69, 9.17) is 4.74 Å². The van der Waals surface area contributed by atoms with Gasteiger partial charge in [0.15, 0.2) is 0 Å². The molecule has 7 nitrogen and oxygen atoms in total. The molecule has 0 unspecified atom stereocenters. The van der Waals surface area contributed by atoms with Crippen molar-refractivity contribution in [3.8, 4) is 0 Å². The van der Waals surface area contributed by atoms with Gasteiger partial charge >= 0.3 is 0 Å². The zero-order valence-electron chi connectivity index (χ0n) is 20.5. The van der Waals surface area contributed by atoms with Gasteiger partial charge in [-0.1, -0.05) is 48.0 Å². The molecule has 2 saturated heterocycles. The molecule has 0 aliphatic carbocycles. The Bertz CT molecular complexity index is 1150. The summed E-state index contributed by atoms with van der Waals surface area (Å²) < 4.78 is 5.63. The van der Waals surface area contributed by atoms with E-state index in [9.17, 15) is 4.79 Å². The van der Waals surface area contributed by atoms with Gasteiger partial charge in [-0.3, -0.25) is 4.79 Å². The average molecular weight is 472 g/mol. The number of aryl methyl sites for hydroxylation is 2. The summed E-state index contributed by atoms with van der Waals surface area (Å²) in [5.41, 5.74) is 2.84. The third kappa shape index (κ3) is 5.00. The highest BCUT2D eigenvalue weighted by Gasteiger charge is 2.44. The fraction of sp³-hybridized carbons (Fsp3) is 0.393. The van der Waals surface area contributed by atoms with Crippen molar-refractivity contribution < 1.29 is 9.53 Å². The van der Waals surface area contributed by atoms with Gasteiger partial charge in [0.2, 0.25) is 5.91 Å². The Balaban J connectivity index is 1.29. The maximum atomic E-state index is 13.9. The quantitative estimate of drug-likeness (QED) is 0.600. The standard InChI is InChI=1S/C28H33N5O2/c1-21-8-10-24(11-9-21)31-25-20-26(30-22(2)29-25)32-14-16-33(17-15-32)27(34)28(12-18-35-19-13-28)23-6-4-3-5-7-23/h3-11,20H,12-19H2,1-2H3,(H,29,30,31). The molecule has 2 fully saturated rings. The maximum Gasteiger partial charge on any atom is 0.233 e. The van der Waals surface area contributed by atoms with Crippen LogP contribution in [0.3, 0.4) is 0 Å². The van der Waals surface area contributed by atoms with Crippen molar-refractivity contribution >= 4 is 23.2 Å². The molecule has 2 aromatic carbocycles. The second-order valence-corrected chi connectivity index (χ2v) is 9.49. The molecule has 2 aliphatic rings. The Morgan fingerprint density at radius 3 is 2.29 bits per heavy atom. The number of anilines is 3. The number of amides is 1. The molecule has 0 bridgehead atoms. The molecule has 1 N–H and O–H groups in total. The number of aromatic nitrogens is 2. The van der Waals surface area contributed by atoms with Crippen molar-refractivity contribution in [3.05, 3.63) is 77.6 Å². The summed E-state index contributed by atoms with van der Waals surface area (Å²) in [6.45, 7) is 8.08. The highest BCUT2D eigenvalue weighted by molar-refractivity contribution is 5.88. The van der Waals surface area contributed by atoms with Crippen molar-refractivity contribution in [2.45, 2.75) is 32.1 Å². The van der Waals surface area contributed by atoms with E-state index in [-0.39, 0.29) is 5.91 Å². The topological polar surface area (TPSA) is 70.6 Å². The van der Waals surface area contributed by atoms with E-state index >= 15 is 0 Å². The van der Waals surface area contributed by atoms with E-state index in [2.05, 4.69) is 63.5 Å². The lowest BCUT2D eigenvalue weighted by Gasteiger charge is -2.43. The molecule has 0 spiro atoms. The summed E-state index contributed by atoms with van der Waals surface area (Å²) in [7, 11) is 0. The predicted octanol–water partition coefficient (Wildman–Crippen LogP) is 4.23. The van der Waals surface area contributed by atoms with E-state index in [1.165, 1.54) is 5.56 Å².